The molecule has 1 saturated heterocycles. The monoisotopic (exact) mass is 269 g/mol. The Balaban J connectivity index is 2.12. The first kappa shape index (κ1) is 15.3. The fraction of sp³-hybridized carbons (Fsp3) is 1.00. The molecule has 2 aliphatic rings. The molecule has 1 aliphatic carbocycles. The van der Waals surface area contributed by atoms with Crippen LogP contribution < -0.4 is 5.32 Å². The van der Waals surface area contributed by atoms with Gasteiger partial charge >= 0.3 is 0 Å². The second kappa shape index (κ2) is 7.61. The van der Waals surface area contributed by atoms with Crippen molar-refractivity contribution < 1.29 is 9.47 Å². The molecule has 1 heterocycles. The molecule has 0 bridgehead atoms. The first-order valence-corrected chi connectivity index (χ1v) is 8.21. The predicted molar refractivity (Wildman–Crippen MR) is 78.4 cm³/mol. The second-order valence-corrected chi connectivity index (χ2v) is 6.13. The number of likely N-dealkylation sites (N-methyl/N-ethyl adjacent to an activating group) is 1. The molecule has 0 spiro atoms. The van der Waals surface area contributed by atoms with Crippen molar-refractivity contribution >= 4 is 0 Å². The largest absolute Gasteiger partial charge is 0.381 e. The van der Waals surface area contributed by atoms with Crippen molar-refractivity contribution in [3.05, 3.63) is 0 Å². The minimum atomic E-state index is 0.0714. The van der Waals surface area contributed by atoms with Crippen LogP contribution in [0.4, 0.5) is 0 Å². The number of rotatable bonds is 5. The topological polar surface area (TPSA) is 30.5 Å². The molecule has 0 aromatic rings. The van der Waals surface area contributed by atoms with E-state index in [1.165, 1.54) is 51.4 Å². The van der Waals surface area contributed by atoms with Gasteiger partial charge in [0.2, 0.25) is 0 Å². The molecule has 1 atom stereocenters. The third-order valence-electron chi connectivity index (χ3n) is 5.00. The molecule has 0 aromatic heterocycles. The van der Waals surface area contributed by atoms with Gasteiger partial charge in [0.25, 0.3) is 0 Å². The van der Waals surface area contributed by atoms with Crippen molar-refractivity contribution in [1.82, 2.24) is 5.32 Å². The SMILES string of the molecule is CCOC1(C(NC)C2CCOCC2)CCCCCC1. The Kier molecular flexibility index (Phi) is 6.11. The Bertz CT molecular complexity index is 243. The molecule has 1 N–H and O–H groups in total. The number of nitrogens with one attached hydrogen (secondary N) is 1. The van der Waals surface area contributed by atoms with Crippen LogP contribution in [-0.4, -0.2) is 38.5 Å². The van der Waals surface area contributed by atoms with Crippen LogP contribution in [0.1, 0.15) is 58.3 Å². The van der Waals surface area contributed by atoms with E-state index in [1.807, 2.05) is 0 Å². The van der Waals surface area contributed by atoms with E-state index in [9.17, 15) is 0 Å². The van der Waals surface area contributed by atoms with E-state index in [1.54, 1.807) is 0 Å². The van der Waals surface area contributed by atoms with Crippen LogP contribution in [0.25, 0.3) is 0 Å². The zero-order valence-corrected chi connectivity index (χ0v) is 12.7. The highest BCUT2D eigenvalue weighted by Gasteiger charge is 2.43. The van der Waals surface area contributed by atoms with Crippen molar-refractivity contribution in [2.75, 3.05) is 26.9 Å². The van der Waals surface area contributed by atoms with Crippen molar-refractivity contribution in [3.8, 4) is 0 Å². The highest BCUT2D eigenvalue weighted by Crippen LogP contribution is 2.38. The second-order valence-electron chi connectivity index (χ2n) is 6.13. The summed E-state index contributed by atoms with van der Waals surface area (Å²) in [5, 5.41) is 3.61. The van der Waals surface area contributed by atoms with Crippen LogP contribution in [0.15, 0.2) is 0 Å². The van der Waals surface area contributed by atoms with Gasteiger partial charge in [-0.25, -0.2) is 0 Å². The summed E-state index contributed by atoms with van der Waals surface area (Å²) < 4.78 is 11.9. The minimum absolute atomic E-state index is 0.0714. The Morgan fingerprint density at radius 3 is 2.32 bits per heavy atom. The van der Waals surface area contributed by atoms with E-state index in [-0.39, 0.29) is 5.60 Å². The lowest BCUT2D eigenvalue weighted by molar-refractivity contribution is -0.0988. The van der Waals surface area contributed by atoms with Gasteiger partial charge in [0, 0.05) is 25.9 Å². The molecule has 3 nitrogen and oxygen atoms in total. The number of hydrogen-bond acceptors (Lipinski definition) is 3. The molecular weight excluding hydrogens is 238 g/mol. The summed E-state index contributed by atoms with van der Waals surface area (Å²) in [5.41, 5.74) is 0.0714. The van der Waals surface area contributed by atoms with Crippen molar-refractivity contribution in [2.45, 2.75) is 69.9 Å². The number of hydrogen-bond donors (Lipinski definition) is 1. The molecule has 1 aliphatic heterocycles. The Labute approximate surface area is 118 Å². The van der Waals surface area contributed by atoms with Gasteiger partial charge in [0.05, 0.1) is 5.60 Å². The normalized spacial score (nSPS) is 26.8. The van der Waals surface area contributed by atoms with Crippen LogP contribution in [0.2, 0.25) is 0 Å². The Hall–Kier alpha value is -0.120. The third kappa shape index (κ3) is 3.71. The Morgan fingerprint density at radius 2 is 1.79 bits per heavy atom. The third-order valence-corrected chi connectivity index (χ3v) is 5.00. The summed E-state index contributed by atoms with van der Waals surface area (Å²) in [6.45, 7) is 4.82. The molecule has 3 heteroatoms. The van der Waals surface area contributed by atoms with Gasteiger partial charge in [0.1, 0.15) is 0 Å². The average Bonchev–Trinajstić information content (AvgIpc) is 2.68. The van der Waals surface area contributed by atoms with Crippen LogP contribution in [0.5, 0.6) is 0 Å². The maximum atomic E-state index is 6.35. The zero-order valence-electron chi connectivity index (χ0n) is 12.7. The molecule has 0 amide bonds. The quantitative estimate of drug-likeness (QED) is 0.778. The summed E-state index contributed by atoms with van der Waals surface area (Å²) in [4.78, 5) is 0. The summed E-state index contributed by atoms with van der Waals surface area (Å²) >= 11 is 0. The molecule has 112 valence electrons. The maximum Gasteiger partial charge on any atom is 0.0837 e. The predicted octanol–water partition coefficient (Wildman–Crippen LogP) is 3.13. The summed E-state index contributed by atoms with van der Waals surface area (Å²) in [6, 6.07) is 0.495. The van der Waals surface area contributed by atoms with E-state index in [0.29, 0.717) is 12.0 Å². The smallest absolute Gasteiger partial charge is 0.0837 e. The average molecular weight is 269 g/mol. The number of ether oxygens (including phenoxy) is 2. The molecule has 1 saturated carbocycles. The van der Waals surface area contributed by atoms with Gasteiger partial charge in [-0.15, -0.1) is 0 Å². The highest BCUT2D eigenvalue weighted by molar-refractivity contribution is 4.98. The van der Waals surface area contributed by atoms with Gasteiger partial charge in [-0.1, -0.05) is 25.7 Å². The lowest BCUT2D eigenvalue weighted by Crippen LogP contribution is -2.56. The van der Waals surface area contributed by atoms with Gasteiger partial charge in [-0.2, -0.15) is 0 Å². The van der Waals surface area contributed by atoms with E-state index in [0.717, 1.165) is 19.8 Å². The van der Waals surface area contributed by atoms with Crippen molar-refractivity contribution in [2.24, 2.45) is 5.92 Å². The van der Waals surface area contributed by atoms with Crippen LogP contribution in [0.3, 0.4) is 0 Å². The van der Waals surface area contributed by atoms with Gasteiger partial charge < -0.3 is 14.8 Å². The van der Waals surface area contributed by atoms with E-state index < -0.39 is 0 Å². The van der Waals surface area contributed by atoms with Crippen molar-refractivity contribution in [1.29, 1.82) is 0 Å². The maximum absolute atomic E-state index is 6.35. The van der Waals surface area contributed by atoms with E-state index in [2.05, 4.69) is 19.3 Å². The lowest BCUT2D eigenvalue weighted by atomic mass is 9.76. The minimum Gasteiger partial charge on any atom is -0.381 e. The first-order chi connectivity index (χ1) is 9.32. The Morgan fingerprint density at radius 1 is 1.16 bits per heavy atom. The standard InChI is InChI=1S/C16H31NO2/c1-3-19-16(10-6-4-5-7-11-16)15(17-2)14-8-12-18-13-9-14/h14-15,17H,3-13H2,1-2H3. The molecule has 19 heavy (non-hydrogen) atoms. The van der Waals surface area contributed by atoms with E-state index >= 15 is 0 Å². The fourth-order valence-corrected chi connectivity index (χ4v) is 4.14. The van der Waals surface area contributed by atoms with Crippen molar-refractivity contribution in [3.63, 3.8) is 0 Å². The van der Waals surface area contributed by atoms with Gasteiger partial charge in [0.15, 0.2) is 0 Å². The zero-order chi connectivity index (χ0) is 13.6. The molecular formula is C16H31NO2. The molecule has 2 fully saturated rings. The molecule has 0 aromatic carbocycles. The van der Waals surface area contributed by atoms with E-state index in [4.69, 9.17) is 9.47 Å². The van der Waals surface area contributed by atoms with Gasteiger partial charge in [-0.05, 0) is 45.6 Å². The first-order valence-electron chi connectivity index (χ1n) is 8.21. The summed E-state index contributed by atoms with van der Waals surface area (Å²) in [5.74, 6) is 0.711. The van der Waals surface area contributed by atoms with Gasteiger partial charge in [-0.3, -0.25) is 0 Å². The molecule has 0 radical (unpaired) electrons. The molecule has 1 unspecified atom stereocenters. The highest BCUT2D eigenvalue weighted by atomic mass is 16.5. The van der Waals surface area contributed by atoms with Crippen LogP contribution >= 0.6 is 0 Å². The lowest BCUT2D eigenvalue weighted by Gasteiger charge is -2.45. The summed E-state index contributed by atoms with van der Waals surface area (Å²) in [6.07, 6.45) is 10.2. The fourth-order valence-electron chi connectivity index (χ4n) is 4.14. The molecule has 2 rings (SSSR count). The summed E-state index contributed by atoms with van der Waals surface area (Å²) in [7, 11) is 2.12. The van der Waals surface area contributed by atoms with Crippen LogP contribution in [0, 0.1) is 5.92 Å². The van der Waals surface area contributed by atoms with Crippen LogP contribution in [-0.2, 0) is 9.47 Å².